The summed E-state index contributed by atoms with van der Waals surface area (Å²) in [5.74, 6) is -0.443. The van der Waals surface area contributed by atoms with Gasteiger partial charge in [-0.3, -0.25) is 4.79 Å². The molecule has 0 radical (unpaired) electrons. The van der Waals surface area contributed by atoms with E-state index in [0.717, 1.165) is 5.56 Å². The zero-order valence-electron chi connectivity index (χ0n) is 19.2. The van der Waals surface area contributed by atoms with Crippen molar-refractivity contribution < 1.29 is 13.2 Å². The third kappa shape index (κ3) is 4.05. The molecule has 0 spiro atoms. The average molecular weight is 473 g/mol. The van der Waals surface area contributed by atoms with Gasteiger partial charge in [0, 0.05) is 22.4 Å². The van der Waals surface area contributed by atoms with Crippen LogP contribution in [0.1, 0.15) is 29.7 Å². The second kappa shape index (κ2) is 8.75. The van der Waals surface area contributed by atoms with Gasteiger partial charge in [-0.15, -0.1) is 10.2 Å². The van der Waals surface area contributed by atoms with E-state index in [1.807, 2.05) is 19.9 Å². The van der Waals surface area contributed by atoms with Crippen LogP contribution in [-0.4, -0.2) is 20.6 Å². The summed E-state index contributed by atoms with van der Waals surface area (Å²) in [6, 6.07) is 13.6. The maximum atomic E-state index is 14.6. The van der Waals surface area contributed by atoms with Gasteiger partial charge >= 0.3 is 0 Å². The van der Waals surface area contributed by atoms with Gasteiger partial charge in [0.1, 0.15) is 23.0 Å². The zero-order valence-corrected chi connectivity index (χ0v) is 19.2. The summed E-state index contributed by atoms with van der Waals surface area (Å²) in [5.41, 5.74) is 3.14. The Morgan fingerprint density at radius 1 is 1.03 bits per heavy atom. The minimum Gasteiger partial charge on any atom is -0.455 e. The van der Waals surface area contributed by atoms with Gasteiger partial charge in [-0.2, -0.15) is 5.21 Å². The van der Waals surface area contributed by atoms with E-state index in [0.29, 0.717) is 39.2 Å². The largest absolute Gasteiger partial charge is 0.455 e. The molecular weight excluding hydrogens is 452 g/mol. The number of halogens is 2. The average Bonchev–Trinajstić information content (AvgIpc) is 3.36. The van der Waals surface area contributed by atoms with Crippen LogP contribution in [0.2, 0.25) is 0 Å². The van der Waals surface area contributed by atoms with E-state index in [4.69, 9.17) is 4.42 Å². The number of aryl methyl sites for hydroxylation is 1. The number of hydrogen-bond donors (Lipinski definition) is 2. The maximum Gasteiger partial charge on any atom is 0.206 e. The first-order valence-corrected chi connectivity index (χ1v) is 11.0. The van der Waals surface area contributed by atoms with Gasteiger partial charge in [0.2, 0.25) is 5.82 Å². The number of tetrazole rings is 1. The quantitative estimate of drug-likeness (QED) is 0.340. The van der Waals surface area contributed by atoms with Crippen molar-refractivity contribution in [2.45, 2.75) is 26.8 Å². The molecule has 7 nitrogen and oxygen atoms in total. The first-order chi connectivity index (χ1) is 16.8. The second-order valence-corrected chi connectivity index (χ2v) is 8.39. The molecule has 5 aromatic rings. The summed E-state index contributed by atoms with van der Waals surface area (Å²) in [6.07, 6.45) is 0. The van der Waals surface area contributed by atoms with Gasteiger partial charge in [0.25, 0.3) is 0 Å². The predicted molar refractivity (Wildman–Crippen MR) is 129 cm³/mol. The van der Waals surface area contributed by atoms with E-state index in [1.165, 1.54) is 18.2 Å². The number of aromatic amines is 1. The fourth-order valence-electron chi connectivity index (χ4n) is 4.21. The smallest absolute Gasteiger partial charge is 0.206 e. The molecule has 0 aliphatic rings. The second-order valence-electron chi connectivity index (χ2n) is 8.39. The summed E-state index contributed by atoms with van der Waals surface area (Å²) < 4.78 is 34.9. The molecule has 2 heterocycles. The minimum atomic E-state index is -0.484. The first-order valence-electron chi connectivity index (χ1n) is 11.0. The van der Waals surface area contributed by atoms with Crippen molar-refractivity contribution in [2.75, 3.05) is 5.32 Å². The highest BCUT2D eigenvalue weighted by atomic mass is 19.1. The minimum absolute atomic E-state index is 0.177. The SMILES string of the molecule is Cc1cc([C@@H](C)Nc2cc(F)ccc2-c2nn[nH]n2)c2oc(-c3ccccc3F)c(C)c(=O)c2c1. The van der Waals surface area contributed by atoms with E-state index < -0.39 is 17.7 Å². The molecule has 0 aliphatic carbocycles. The lowest BCUT2D eigenvalue weighted by molar-refractivity contribution is 0.586. The van der Waals surface area contributed by atoms with Crippen LogP contribution < -0.4 is 10.7 Å². The summed E-state index contributed by atoms with van der Waals surface area (Å²) >= 11 is 0. The molecule has 0 unspecified atom stereocenters. The van der Waals surface area contributed by atoms with Crippen LogP contribution in [0.25, 0.3) is 33.7 Å². The first kappa shape index (κ1) is 22.4. The van der Waals surface area contributed by atoms with Crippen LogP contribution in [0.3, 0.4) is 0 Å². The van der Waals surface area contributed by atoms with E-state index in [2.05, 4.69) is 25.9 Å². The highest BCUT2D eigenvalue weighted by Gasteiger charge is 2.21. The molecule has 35 heavy (non-hydrogen) atoms. The number of nitrogens with one attached hydrogen (secondary N) is 2. The Kier molecular flexibility index (Phi) is 5.60. The zero-order chi connectivity index (χ0) is 24.7. The van der Waals surface area contributed by atoms with Crippen LogP contribution in [0, 0.1) is 25.5 Å². The normalized spacial score (nSPS) is 12.1. The highest BCUT2D eigenvalue weighted by Crippen LogP contribution is 2.34. The van der Waals surface area contributed by atoms with Crippen molar-refractivity contribution in [3.63, 3.8) is 0 Å². The molecule has 0 saturated carbocycles. The van der Waals surface area contributed by atoms with E-state index in [9.17, 15) is 13.6 Å². The van der Waals surface area contributed by atoms with E-state index in [-0.39, 0.29) is 16.8 Å². The third-order valence-corrected chi connectivity index (χ3v) is 5.92. The van der Waals surface area contributed by atoms with Crippen molar-refractivity contribution in [1.29, 1.82) is 0 Å². The standard InChI is InChI=1S/C26H21F2N5O2/c1-13-10-19(15(3)29-22-12-16(27)8-9-18(22)26-30-32-33-31-26)25-20(11-13)23(34)14(2)24(35-25)17-6-4-5-7-21(17)28/h4-12,15,29H,1-3H3,(H,30,31,32,33)/t15-/m1/s1. The molecule has 5 rings (SSSR count). The lowest BCUT2D eigenvalue weighted by Crippen LogP contribution is -2.13. The molecule has 1 atom stereocenters. The number of benzene rings is 3. The number of hydrogen-bond acceptors (Lipinski definition) is 6. The van der Waals surface area contributed by atoms with E-state index >= 15 is 0 Å². The molecule has 3 aromatic carbocycles. The third-order valence-electron chi connectivity index (χ3n) is 5.92. The van der Waals surface area contributed by atoms with Gasteiger partial charge in [-0.05, 0) is 67.9 Å². The van der Waals surface area contributed by atoms with Crippen molar-refractivity contribution in [3.05, 3.63) is 93.1 Å². The molecule has 0 fully saturated rings. The molecule has 0 bridgehead atoms. The Morgan fingerprint density at radius 2 is 1.83 bits per heavy atom. The fraction of sp³-hybridized carbons (Fsp3) is 0.154. The Morgan fingerprint density at radius 3 is 2.57 bits per heavy atom. The van der Waals surface area contributed by atoms with Crippen molar-refractivity contribution >= 4 is 16.7 Å². The molecule has 176 valence electrons. The van der Waals surface area contributed by atoms with Crippen LogP contribution in [0.5, 0.6) is 0 Å². The number of aromatic nitrogens is 4. The van der Waals surface area contributed by atoms with E-state index in [1.54, 1.807) is 37.3 Å². The predicted octanol–water partition coefficient (Wildman–Crippen LogP) is 5.71. The van der Waals surface area contributed by atoms with Crippen LogP contribution >= 0.6 is 0 Å². The molecule has 2 N–H and O–H groups in total. The van der Waals surface area contributed by atoms with Crippen LogP contribution in [-0.2, 0) is 0 Å². The van der Waals surface area contributed by atoms with Crippen molar-refractivity contribution in [1.82, 2.24) is 20.6 Å². The maximum absolute atomic E-state index is 14.6. The molecule has 2 aromatic heterocycles. The number of H-pyrrole nitrogens is 1. The Balaban J connectivity index is 1.67. The number of rotatable bonds is 5. The fourth-order valence-corrected chi connectivity index (χ4v) is 4.21. The molecule has 0 saturated heterocycles. The summed E-state index contributed by atoms with van der Waals surface area (Å²) in [7, 11) is 0. The Bertz CT molecular complexity index is 1610. The molecule has 9 heteroatoms. The van der Waals surface area contributed by atoms with Crippen LogP contribution in [0.15, 0.2) is 63.8 Å². The molecule has 0 amide bonds. The summed E-state index contributed by atoms with van der Waals surface area (Å²) in [5, 5.41) is 17.6. The Labute approximate surface area is 198 Å². The Hall–Kier alpha value is -4.40. The van der Waals surface area contributed by atoms with Gasteiger partial charge in [-0.25, -0.2) is 8.78 Å². The molecule has 0 aliphatic heterocycles. The van der Waals surface area contributed by atoms with Gasteiger partial charge in [0.05, 0.1) is 17.0 Å². The monoisotopic (exact) mass is 473 g/mol. The van der Waals surface area contributed by atoms with Gasteiger partial charge in [0.15, 0.2) is 5.43 Å². The number of anilines is 1. The van der Waals surface area contributed by atoms with Gasteiger partial charge < -0.3 is 9.73 Å². The highest BCUT2D eigenvalue weighted by molar-refractivity contribution is 5.85. The number of nitrogens with zero attached hydrogens (tertiary/aromatic N) is 3. The number of fused-ring (bicyclic) bond motifs is 1. The molecular formula is C26H21F2N5O2. The lowest BCUT2D eigenvalue weighted by atomic mass is 9.98. The van der Waals surface area contributed by atoms with Crippen molar-refractivity contribution in [2.24, 2.45) is 0 Å². The van der Waals surface area contributed by atoms with Gasteiger partial charge in [-0.1, -0.05) is 18.2 Å². The summed E-state index contributed by atoms with van der Waals surface area (Å²) in [6.45, 7) is 5.37. The topological polar surface area (TPSA) is 96.7 Å². The summed E-state index contributed by atoms with van der Waals surface area (Å²) in [4.78, 5) is 13.3. The van der Waals surface area contributed by atoms with Crippen LogP contribution in [0.4, 0.5) is 14.5 Å². The van der Waals surface area contributed by atoms with Crippen molar-refractivity contribution in [3.8, 4) is 22.7 Å². The lowest BCUT2D eigenvalue weighted by Gasteiger charge is -2.20.